The van der Waals surface area contributed by atoms with Crippen LogP contribution in [0.4, 0.5) is 0 Å². The molecule has 1 N–H and O–H groups in total. The second-order valence-corrected chi connectivity index (χ2v) is 3.90. The Kier molecular flexibility index (Phi) is 2.97. The molecule has 82 valence electrons. The Bertz CT molecular complexity index is 417. The van der Waals surface area contributed by atoms with Crippen molar-refractivity contribution in [1.82, 2.24) is 9.97 Å². The molecule has 0 saturated heterocycles. The topological polar surface area (TPSA) is 46.0 Å². The van der Waals surface area contributed by atoms with Crippen LogP contribution in [0, 0.1) is 13.8 Å². The second kappa shape index (κ2) is 4.41. The fourth-order valence-corrected chi connectivity index (χ4v) is 1.45. The predicted molar refractivity (Wildman–Crippen MR) is 62.0 cm³/mol. The van der Waals surface area contributed by atoms with E-state index in [-0.39, 0.29) is 0 Å². The molecule has 3 heteroatoms. The van der Waals surface area contributed by atoms with Crippen molar-refractivity contribution in [2.45, 2.75) is 20.0 Å². The molecule has 1 unspecified atom stereocenters. The van der Waals surface area contributed by atoms with Gasteiger partial charge in [-0.25, -0.2) is 0 Å². The Balaban J connectivity index is 2.28. The lowest BCUT2D eigenvalue weighted by molar-refractivity contribution is 0.215. The Hall–Kier alpha value is -1.74. The van der Waals surface area contributed by atoms with Gasteiger partial charge in [-0.15, -0.1) is 0 Å². The van der Waals surface area contributed by atoms with Crippen molar-refractivity contribution in [3.05, 3.63) is 59.2 Å². The first-order chi connectivity index (χ1) is 7.66. The van der Waals surface area contributed by atoms with Crippen LogP contribution in [0.1, 0.15) is 28.6 Å². The maximum absolute atomic E-state index is 10.1. The molecular formula is C13H14N2O. The highest BCUT2D eigenvalue weighted by atomic mass is 16.3. The maximum atomic E-state index is 10.1. The summed E-state index contributed by atoms with van der Waals surface area (Å²) in [6.45, 7) is 3.89. The van der Waals surface area contributed by atoms with E-state index < -0.39 is 6.10 Å². The van der Waals surface area contributed by atoms with E-state index in [1.165, 1.54) is 0 Å². The lowest BCUT2D eigenvalue weighted by Gasteiger charge is -2.10. The van der Waals surface area contributed by atoms with Crippen LogP contribution in [0.25, 0.3) is 0 Å². The fourth-order valence-electron chi connectivity index (χ4n) is 1.45. The van der Waals surface area contributed by atoms with Crippen molar-refractivity contribution >= 4 is 0 Å². The summed E-state index contributed by atoms with van der Waals surface area (Å²) in [7, 11) is 0. The van der Waals surface area contributed by atoms with Gasteiger partial charge in [-0.05, 0) is 31.5 Å². The summed E-state index contributed by atoms with van der Waals surface area (Å²) in [5.41, 5.74) is 3.43. The third-order valence-electron chi connectivity index (χ3n) is 2.46. The minimum atomic E-state index is -0.700. The SMILES string of the molecule is Cc1ccc(C(O)c2ccc(C)nc2)nc1. The van der Waals surface area contributed by atoms with Gasteiger partial charge in [-0.2, -0.15) is 0 Å². The highest BCUT2D eigenvalue weighted by Crippen LogP contribution is 2.19. The highest BCUT2D eigenvalue weighted by molar-refractivity contribution is 5.25. The monoisotopic (exact) mass is 214 g/mol. The third-order valence-corrected chi connectivity index (χ3v) is 2.46. The van der Waals surface area contributed by atoms with Gasteiger partial charge >= 0.3 is 0 Å². The molecular weight excluding hydrogens is 200 g/mol. The van der Waals surface area contributed by atoms with Gasteiger partial charge in [0.15, 0.2) is 0 Å². The molecule has 0 aromatic carbocycles. The van der Waals surface area contributed by atoms with Crippen LogP contribution < -0.4 is 0 Å². The molecule has 0 spiro atoms. The predicted octanol–water partition coefficient (Wildman–Crippen LogP) is 2.18. The molecule has 2 aromatic rings. The molecule has 0 amide bonds. The summed E-state index contributed by atoms with van der Waals surface area (Å²) in [6.07, 6.45) is 2.73. The Labute approximate surface area is 94.8 Å². The Morgan fingerprint density at radius 2 is 1.81 bits per heavy atom. The lowest BCUT2D eigenvalue weighted by atomic mass is 10.1. The third kappa shape index (κ3) is 2.25. The van der Waals surface area contributed by atoms with Crippen molar-refractivity contribution in [3.63, 3.8) is 0 Å². The molecule has 2 heterocycles. The maximum Gasteiger partial charge on any atom is 0.122 e. The van der Waals surface area contributed by atoms with E-state index in [1.54, 1.807) is 12.4 Å². The summed E-state index contributed by atoms with van der Waals surface area (Å²) in [4.78, 5) is 8.35. The van der Waals surface area contributed by atoms with Gasteiger partial charge in [0.2, 0.25) is 0 Å². The Morgan fingerprint density at radius 1 is 1.00 bits per heavy atom. The van der Waals surface area contributed by atoms with Gasteiger partial charge in [0.05, 0.1) is 5.69 Å². The second-order valence-electron chi connectivity index (χ2n) is 3.90. The summed E-state index contributed by atoms with van der Waals surface area (Å²) >= 11 is 0. The quantitative estimate of drug-likeness (QED) is 0.833. The van der Waals surface area contributed by atoms with Crippen molar-refractivity contribution in [2.24, 2.45) is 0 Å². The van der Waals surface area contributed by atoms with E-state index in [0.717, 1.165) is 16.8 Å². The molecule has 0 aliphatic heterocycles. The molecule has 0 fully saturated rings. The number of aliphatic hydroxyl groups is 1. The summed E-state index contributed by atoms with van der Waals surface area (Å²) in [5.74, 6) is 0. The molecule has 2 rings (SSSR count). The number of aliphatic hydroxyl groups excluding tert-OH is 1. The highest BCUT2D eigenvalue weighted by Gasteiger charge is 2.11. The van der Waals surface area contributed by atoms with Crippen LogP contribution in [0.5, 0.6) is 0 Å². The minimum Gasteiger partial charge on any atom is -0.382 e. The largest absolute Gasteiger partial charge is 0.382 e. The molecule has 0 saturated carbocycles. The van der Waals surface area contributed by atoms with Crippen molar-refractivity contribution < 1.29 is 5.11 Å². The summed E-state index contributed by atoms with van der Waals surface area (Å²) < 4.78 is 0. The van der Waals surface area contributed by atoms with Crippen LogP contribution in [-0.2, 0) is 0 Å². The van der Waals surface area contributed by atoms with Crippen molar-refractivity contribution in [1.29, 1.82) is 0 Å². The van der Waals surface area contributed by atoms with E-state index in [1.807, 2.05) is 38.1 Å². The van der Waals surface area contributed by atoms with Gasteiger partial charge in [0.25, 0.3) is 0 Å². The number of aromatic nitrogens is 2. The molecule has 16 heavy (non-hydrogen) atoms. The number of nitrogens with zero attached hydrogens (tertiary/aromatic N) is 2. The van der Waals surface area contributed by atoms with E-state index in [2.05, 4.69) is 9.97 Å². The van der Waals surface area contributed by atoms with E-state index in [0.29, 0.717) is 5.69 Å². The zero-order valence-electron chi connectivity index (χ0n) is 9.38. The normalized spacial score (nSPS) is 12.4. The van der Waals surface area contributed by atoms with E-state index in [9.17, 15) is 5.11 Å². The first-order valence-electron chi connectivity index (χ1n) is 5.20. The molecule has 0 aliphatic rings. The Morgan fingerprint density at radius 3 is 2.38 bits per heavy atom. The van der Waals surface area contributed by atoms with Gasteiger partial charge in [-0.1, -0.05) is 12.1 Å². The van der Waals surface area contributed by atoms with Crippen molar-refractivity contribution in [3.8, 4) is 0 Å². The zero-order chi connectivity index (χ0) is 11.5. The molecule has 0 bridgehead atoms. The first-order valence-corrected chi connectivity index (χ1v) is 5.20. The number of rotatable bonds is 2. The number of aryl methyl sites for hydroxylation is 2. The fraction of sp³-hybridized carbons (Fsp3) is 0.231. The van der Waals surface area contributed by atoms with E-state index in [4.69, 9.17) is 0 Å². The standard InChI is InChI=1S/C13H14N2O/c1-9-3-6-12(15-7-9)13(16)11-5-4-10(2)14-8-11/h3-8,13,16H,1-2H3. The smallest absolute Gasteiger partial charge is 0.122 e. The summed E-state index contributed by atoms with van der Waals surface area (Å²) in [6, 6.07) is 7.52. The first kappa shape index (κ1) is 10.8. The van der Waals surface area contributed by atoms with Gasteiger partial charge in [0.1, 0.15) is 6.10 Å². The van der Waals surface area contributed by atoms with Crippen LogP contribution >= 0.6 is 0 Å². The van der Waals surface area contributed by atoms with Crippen LogP contribution in [-0.4, -0.2) is 15.1 Å². The number of hydrogen-bond acceptors (Lipinski definition) is 3. The average molecular weight is 214 g/mol. The molecule has 3 nitrogen and oxygen atoms in total. The van der Waals surface area contributed by atoms with E-state index >= 15 is 0 Å². The van der Waals surface area contributed by atoms with Crippen LogP contribution in [0.15, 0.2) is 36.7 Å². The van der Waals surface area contributed by atoms with Gasteiger partial charge in [-0.3, -0.25) is 9.97 Å². The lowest BCUT2D eigenvalue weighted by Crippen LogP contribution is -2.02. The van der Waals surface area contributed by atoms with Gasteiger partial charge < -0.3 is 5.11 Å². The summed E-state index contributed by atoms with van der Waals surface area (Å²) in [5, 5.41) is 10.1. The van der Waals surface area contributed by atoms with Gasteiger partial charge in [0, 0.05) is 23.7 Å². The zero-order valence-corrected chi connectivity index (χ0v) is 9.38. The molecule has 0 radical (unpaired) electrons. The number of pyridine rings is 2. The molecule has 1 atom stereocenters. The average Bonchev–Trinajstić information content (AvgIpc) is 2.30. The van der Waals surface area contributed by atoms with Crippen molar-refractivity contribution in [2.75, 3.05) is 0 Å². The van der Waals surface area contributed by atoms with Crippen LogP contribution in [0.3, 0.4) is 0 Å². The minimum absolute atomic E-state index is 0.649. The molecule has 2 aromatic heterocycles. The number of hydrogen-bond donors (Lipinski definition) is 1. The van der Waals surface area contributed by atoms with Crippen LogP contribution in [0.2, 0.25) is 0 Å². The molecule has 0 aliphatic carbocycles.